The van der Waals surface area contributed by atoms with Crippen molar-refractivity contribution < 1.29 is 0 Å². The average molecular weight is 290 g/mol. The van der Waals surface area contributed by atoms with Gasteiger partial charge >= 0.3 is 0 Å². The van der Waals surface area contributed by atoms with E-state index in [9.17, 15) is 0 Å². The van der Waals surface area contributed by atoms with Crippen LogP contribution in [0.15, 0.2) is 61.3 Å². The molecule has 0 spiro atoms. The highest BCUT2D eigenvalue weighted by atomic mass is 15.4. The summed E-state index contributed by atoms with van der Waals surface area (Å²) >= 11 is 0. The van der Waals surface area contributed by atoms with Gasteiger partial charge in [-0.2, -0.15) is 0 Å². The van der Waals surface area contributed by atoms with Crippen LogP contribution in [0.3, 0.4) is 0 Å². The summed E-state index contributed by atoms with van der Waals surface area (Å²) < 4.78 is 1.87. The second-order valence-electron chi connectivity index (χ2n) is 5.26. The molecule has 0 unspecified atom stereocenters. The van der Waals surface area contributed by atoms with Crippen LogP contribution in [0.4, 0.5) is 0 Å². The topological polar surface area (TPSA) is 34.0 Å². The summed E-state index contributed by atoms with van der Waals surface area (Å²) in [6, 6.07) is 16.1. The van der Waals surface area contributed by atoms with E-state index >= 15 is 0 Å². The SMILES string of the molecule is C=Cc1ccccc1/C(=C\N(C)C)n1nnc2ccccc21. The highest BCUT2D eigenvalue weighted by Gasteiger charge is 2.13. The van der Waals surface area contributed by atoms with Crippen LogP contribution in [0.1, 0.15) is 11.1 Å². The van der Waals surface area contributed by atoms with Gasteiger partial charge < -0.3 is 4.90 Å². The highest BCUT2D eigenvalue weighted by molar-refractivity contribution is 5.83. The number of benzene rings is 2. The standard InChI is InChI=1S/C18H18N4/c1-4-14-9-5-6-10-15(14)18(13-21(2)3)22-17-12-8-7-11-16(17)19-20-22/h4-13H,1H2,2-3H3/b18-13+. The largest absolute Gasteiger partial charge is 0.382 e. The molecule has 0 fully saturated rings. The quantitative estimate of drug-likeness (QED) is 0.737. The van der Waals surface area contributed by atoms with E-state index in [0.29, 0.717) is 0 Å². The molecule has 0 bridgehead atoms. The maximum atomic E-state index is 4.34. The Kier molecular flexibility index (Phi) is 3.74. The van der Waals surface area contributed by atoms with E-state index in [0.717, 1.165) is 27.9 Å². The molecule has 3 aromatic rings. The summed E-state index contributed by atoms with van der Waals surface area (Å²) in [5.41, 5.74) is 4.96. The van der Waals surface area contributed by atoms with Crippen LogP contribution < -0.4 is 0 Å². The Bertz CT molecular complexity index is 843. The van der Waals surface area contributed by atoms with Gasteiger partial charge in [-0.05, 0) is 17.7 Å². The van der Waals surface area contributed by atoms with Crippen molar-refractivity contribution in [2.75, 3.05) is 14.1 Å². The van der Waals surface area contributed by atoms with Crippen molar-refractivity contribution in [2.45, 2.75) is 0 Å². The molecule has 2 aromatic carbocycles. The third-order valence-electron chi connectivity index (χ3n) is 3.42. The normalized spacial score (nSPS) is 11.6. The summed E-state index contributed by atoms with van der Waals surface area (Å²) in [5.74, 6) is 0. The number of aromatic nitrogens is 3. The summed E-state index contributed by atoms with van der Waals surface area (Å²) in [4.78, 5) is 2.01. The molecule has 0 aliphatic rings. The van der Waals surface area contributed by atoms with Gasteiger partial charge in [0, 0.05) is 25.9 Å². The van der Waals surface area contributed by atoms with E-state index in [2.05, 4.69) is 23.0 Å². The molecule has 1 heterocycles. The molecule has 22 heavy (non-hydrogen) atoms. The van der Waals surface area contributed by atoms with Crippen LogP contribution in [0, 0.1) is 0 Å². The van der Waals surface area contributed by atoms with Gasteiger partial charge in [-0.1, -0.05) is 54.3 Å². The van der Waals surface area contributed by atoms with Crippen molar-refractivity contribution in [1.29, 1.82) is 0 Å². The minimum absolute atomic E-state index is 0.878. The van der Waals surface area contributed by atoms with Crippen molar-refractivity contribution in [2.24, 2.45) is 0 Å². The lowest BCUT2D eigenvalue weighted by atomic mass is 10.0. The lowest BCUT2D eigenvalue weighted by molar-refractivity contribution is 0.561. The van der Waals surface area contributed by atoms with Crippen LogP contribution in [-0.4, -0.2) is 34.0 Å². The van der Waals surface area contributed by atoms with E-state index in [-0.39, 0.29) is 0 Å². The number of hydrogen-bond donors (Lipinski definition) is 0. The number of fused-ring (bicyclic) bond motifs is 1. The first-order chi connectivity index (χ1) is 10.7. The number of rotatable bonds is 4. The third kappa shape index (κ3) is 2.51. The van der Waals surface area contributed by atoms with Gasteiger partial charge in [-0.3, -0.25) is 0 Å². The highest BCUT2D eigenvalue weighted by Crippen LogP contribution is 2.25. The molecular formula is C18H18N4. The Balaban J connectivity index is 2.26. The minimum Gasteiger partial charge on any atom is -0.382 e. The molecule has 0 aliphatic heterocycles. The predicted octanol–water partition coefficient (Wildman–Crippen LogP) is 3.48. The summed E-state index contributed by atoms with van der Waals surface area (Å²) in [6.45, 7) is 3.91. The van der Waals surface area contributed by atoms with E-state index in [4.69, 9.17) is 0 Å². The van der Waals surface area contributed by atoms with Gasteiger partial charge in [0.25, 0.3) is 0 Å². The molecule has 4 nitrogen and oxygen atoms in total. The second kappa shape index (κ2) is 5.85. The fourth-order valence-corrected chi connectivity index (χ4v) is 2.44. The zero-order chi connectivity index (χ0) is 15.5. The molecule has 0 radical (unpaired) electrons. The number of para-hydroxylation sites is 1. The van der Waals surface area contributed by atoms with E-state index < -0.39 is 0 Å². The lowest BCUT2D eigenvalue weighted by Crippen LogP contribution is -2.09. The molecule has 0 atom stereocenters. The van der Waals surface area contributed by atoms with Gasteiger partial charge in [0.05, 0.1) is 11.2 Å². The van der Waals surface area contributed by atoms with Crippen LogP contribution in [0.5, 0.6) is 0 Å². The van der Waals surface area contributed by atoms with Crippen LogP contribution in [-0.2, 0) is 0 Å². The van der Waals surface area contributed by atoms with Crippen molar-refractivity contribution in [1.82, 2.24) is 19.9 Å². The molecule has 0 N–H and O–H groups in total. The molecule has 0 saturated heterocycles. The Morgan fingerprint density at radius 1 is 1.09 bits per heavy atom. The van der Waals surface area contributed by atoms with Gasteiger partial charge in [0.2, 0.25) is 0 Å². The van der Waals surface area contributed by atoms with Crippen LogP contribution in [0.25, 0.3) is 22.8 Å². The first-order valence-electron chi connectivity index (χ1n) is 7.11. The Morgan fingerprint density at radius 3 is 2.59 bits per heavy atom. The average Bonchev–Trinajstić information content (AvgIpc) is 2.96. The van der Waals surface area contributed by atoms with Gasteiger partial charge in [0.15, 0.2) is 0 Å². The summed E-state index contributed by atoms with van der Waals surface area (Å²) in [5, 5.41) is 8.59. The fraction of sp³-hybridized carbons (Fsp3) is 0.111. The molecule has 0 amide bonds. The fourth-order valence-electron chi connectivity index (χ4n) is 2.44. The Labute approximate surface area is 130 Å². The first kappa shape index (κ1) is 14.1. The monoisotopic (exact) mass is 290 g/mol. The molecule has 3 rings (SSSR count). The maximum Gasteiger partial charge on any atom is 0.113 e. The molecule has 0 aliphatic carbocycles. The second-order valence-corrected chi connectivity index (χ2v) is 5.26. The maximum absolute atomic E-state index is 4.34. The van der Waals surface area contributed by atoms with E-state index in [1.807, 2.05) is 78.4 Å². The van der Waals surface area contributed by atoms with Crippen molar-refractivity contribution >= 4 is 22.8 Å². The van der Waals surface area contributed by atoms with Crippen molar-refractivity contribution in [3.8, 4) is 0 Å². The van der Waals surface area contributed by atoms with Crippen LogP contribution >= 0.6 is 0 Å². The number of nitrogens with zero attached hydrogens (tertiary/aromatic N) is 4. The zero-order valence-electron chi connectivity index (χ0n) is 12.8. The minimum atomic E-state index is 0.878. The zero-order valence-corrected chi connectivity index (χ0v) is 12.8. The van der Waals surface area contributed by atoms with Crippen LogP contribution in [0.2, 0.25) is 0 Å². The summed E-state index contributed by atoms with van der Waals surface area (Å²) in [7, 11) is 3.99. The van der Waals surface area contributed by atoms with Gasteiger partial charge in [0.1, 0.15) is 5.52 Å². The van der Waals surface area contributed by atoms with Crippen molar-refractivity contribution in [3.05, 3.63) is 72.4 Å². The smallest absolute Gasteiger partial charge is 0.113 e. The Morgan fingerprint density at radius 2 is 1.82 bits per heavy atom. The van der Waals surface area contributed by atoms with E-state index in [1.54, 1.807) is 0 Å². The predicted molar refractivity (Wildman–Crippen MR) is 91.1 cm³/mol. The molecule has 4 heteroatoms. The van der Waals surface area contributed by atoms with Crippen molar-refractivity contribution in [3.63, 3.8) is 0 Å². The molecule has 110 valence electrons. The lowest BCUT2D eigenvalue weighted by Gasteiger charge is -2.15. The Hall–Kier alpha value is -2.88. The molecular weight excluding hydrogens is 272 g/mol. The summed E-state index contributed by atoms with van der Waals surface area (Å²) in [6.07, 6.45) is 3.90. The first-order valence-corrected chi connectivity index (χ1v) is 7.11. The van der Waals surface area contributed by atoms with Gasteiger partial charge in [-0.15, -0.1) is 5.10 Å². The van der Waals surface area contributed by atoms with E-state index in [1.165, 1.54) is 0 Å². The van der Waals surface area contributed by atoms with Gasteiger partial charge in [-0.25, -0.2) is 4.68 Å². The number of hydrogen-bond acceptors (Lipinski definition) is 3. The third-order valence-corrected chi connectivity index (χ3v) is 3.42. The molecule has 0 saturated carbocycles. The molecule has 1 aromatic heterocycles.